The van der Waals surface area contributed by atoms with Gasteiger partial charge in [0.25, 0.3) is 0 Å². The van der Waals surface area contributed by atoms with Crippen molar-refractivity contribution in [3.63, 3.8) is 0 Å². The fourth-order valence-corrected chi connectivity index (χ4v) is 2.91. The van der Waals surface area contributed by atoms with Gasteiger partial charge in [0.15, 0.2) is 0 Å². The number of Topliss-reactive ketones (excluding diaryl/α,β-unsaturated/α-hetero) is 1. The number of hydrazine groups is 1. The molecule has 21 heavy (non-hydrogen) atoms. The number of nitrogens with zero attached hydrogens (tertiary/aromatic N) is 1. The van der Waals surface area contributed by atoms with Gasteiger partial charge < -0.3 is 11.5 Å². The molecule has 0 spiro atoms. The molecule has 3 unspecified atom stereocenters. The highest BCUT2D eigenvalue weighted by Crippen LogP contribution is 2.33. The zero-order valence-corrected chi connectivity index (χ0v) is 12.7. The Labute approximate surface area is 125 Å². The number of carbonyl (C=O) groups is 3. The van der Waals surface area contributed by atoms with Crippen LogP contribution in [0.15, 0.2) is 0 Å². The molecule has 0 aromatic carbocycles. The third-order valence-electron chi connectivity index (χ3n) is 4.16. The van der Waals surface area contributed by atoms with Crippen molar-refractivity contribution in [3.05, 3.63) is 0 Å². The molecule has 0 saturated heterocycles. The lowest BCUT2D eigenvalue weighted by molar-refractivity contribution is -0.148. The number of primary amides is 1. The van der Waals surface area contributed by atoms with Crippen LogP contribution in [0.1, 0.15) is 39.5 Å². The van der Waals surface area contributed by atoms with E-state index in [1.54, 1.807) is 0 Å². The molecule has 0 heterocycles. The maximum Gasteiger partial charge on any atom is 0.243 e. The summed E-state index contributed by atoms with van der Waals surface area (Å²) in [7, 11) is 0. The van der Waals surface area contributed by atoms with Crippen molar-refractivity contribution in [2.75, 3.05) is 6.54 Å². The molecular formula is C14H26N4O3. The predicted molar refractivity (Wildman–Crippen MR) is 78.4 cm³/mol. The molecule has 0 aromatic rings. The average Bonchev–Trinajstić information content (AvgIpc) is 2.45. The molecule has 0 aliphatic heterocycles. The first-order valence-corrected chi connectivity index (χ1v) is 7.42. The molecule has 120 valence electrons. The van der Waals surface area contributed by atoms with E-state index in [0.29, 0.717) is 12.8 Å². The lowest BCUT2D eigenvalue weighted by Crippen LogP contribution is -2.58. The van der Waals surface area contributed by atoms with Gasteiger partial charge in [-0.3, -0.25) is 19.4 Å². The monoisotopic (exact) mass is 298 g/mol. The van der Waals surface area contributed by atoms with Gasteiger partial charge in [-0.2, -0.15) is 0 Å². The molecule has 1 saturated carbocycles. The second-order valence-electron chi connectivity index (χ2n) is 5.95. The van der Waals surface area contributed by atoms with Gasteiger partial charge in [-0.15, -0.1) is 0 Å². The summed E-state index contributed by atoms with van der Waals surface area (Å²) in [4.78, 5) is 36.1. The van der Waals surface area contributed by atoms with Crippen LogP contribution in [-0.2, 0) is 14.4 Å². The van der Waals surface area contributed by atoms with Crippen LogP contribution in [0.3, 0.4) is 0 Å². The van der Waals surface area contributed by atoms with E-state index in [0.717, 1.165) is 17.9 Å². The van der Waals surface area contributed by atoms with Gasteiger partial charge in [-0.05, 0) is 12.8 Å². The maximum absolute atomic E-state index is 12.5. The Hall–Kier alpha value is -1.47. The molecule has 7 heteroatoms. The van der Waals surface area contributed by atoms with Crippen molar-refractivity contribution in [2.24, 2.45) is 35.1 Å². The molecule has 1 aliphatic rings. The van der Waals surface area contributed by atoms with Crippen molar-refractivity contribution < 1.29 is 14.4 Å². The Morgan fingerprint density at radius 3 is 2.10 bits per heavy atom. The summed E-state index contributed by atoms with van der Waals surface area (Å²) in [6, 6.07) is -1.03. The highest BCUT2D eigenvalue weighted by molar-refractivity contribution is 5.92. The Kier molecular flexibility index (Phi) is 6.29. The van der Waals surface area contributed by atoms with Gasteiger partial charge >= 0.3 is 0 Å². The maximum atomic E-state index is 12.5. The van der Waals surface area contributed by atoms with Crippen LogP contribution in [0, 0.1) is 17.8 Å². The second kappa shape index (κ2) is 7.51. The first-order valence-electron chi connectivity index (χ1n) is 7.42. The predicted octanol–water partition coefficient (Wildman–Crippen LogP) is -0.467. The quantitative estimate of drug-likeness (QED) is 0.346. The van der Waals surface area contributed by atoms with Crippen molar-refractivity contribution >= 4 is 17.6 Å². The Morgan fingerprint density at radius 1 is 1.14 bits per heavy atom. The summed E-state index contributed by atoms with van der Waals surface area (Å²) < 4.78 is 0. The summed E-state index contributed by atoms with van der Waals surface area (Å²) in [6.07, 6.45) is 3.08. The van der Waals surface area contributed by atoms with E-state index in [4.69, 9.17) is 17.3 Å². The van der Waals surface area contributed by atoms with Gasteiger partial charge in [0.05, 0.1) is 0 Å². The first kappa shape index (κ1) is 17.6. The largest absolute Gasteiger partial charge is 0.368 e. The SMILES string of the molecule is CC(C)C(=O)C1CCCCC1C(=O)N(N)C(CN)C(N)=O. The lowest BCUT2D eigenvalue weighted by Gasteiger charge is -2.34. The van der Waals surface area contributed by atoms with Crippen LogP contribution in [0.5, 0.6) is 0 Å². The smallest absolute Gasteiger partial charge is 0.243 e. The molecule has 6 N–H and O–H groups in total. The third kappa shape index (κ3) is 4.01. The number of carbonyl (C=O) groups excluding carboxylic acids is 3. The van der Waals surface area contributed by atoms with E-state index < -0.39 is 23.8 Å². The lowest BCUT2D eigenvalue weighted by atomic mass is 9.74. The van der Waals surface area contributed by atoms with Crippen molar-refractivity contribution in [3.8, 4) is 0 Å². The third-order valence-corrected chi connectivity index (χ3v) is 4.16. The van der Waals surface area contributed by atoms with E-state index in [9.17, 15) is 14.4 Å². The minimum atomic E-state index is -1.03. The molecule has 0 radical (unpaired) electrons. The van der Waals surface area contributed by atoms with Gasteiger partial charge in [0.1, 0.15) is 11.8 Å². The number of ketones is 1. The standard InChI is InChI=1S/C14H26N4O3/c1-8(2)12(19)9-5-3-4-6-10(9)14(21)18(17)11(7-15)13(16)20/h8-11H,3-7,15,17H2,1-2H3,(H2,16,20). The summed E-state index contributed by atoms with van der Waals surface area (Å²) in [5.41, 5.74) is 10.6. The Morgan fingerprint density at radius 2 is 1.67 bits per heavy atom. The van der Waals surface area contributed by atoms with Crippen molar-refractivity contribution in [1.29, 1.82) is 0 Å². The minimum absolute atomic E-state index is 0.0739. The molecule has 1 aliphatic carbocycles. The number of hydrogen-bond acceptors (Lipinski definition) is 5. The van der Waals surface area contributed by atoms with Crippen LogP contribution in [0.4, 0.5) is 0 Å². The van der Waals surface area contributed by atoms with Crippen molar-refractivity contribution in [2.45, 2.75) is 45.6 Å². The highest BCUT2D eigenvalue weighted by Gasteiger charge is 2.39. The fraction of sp³-hybridized carbons (Fsp3) is 0.786. The van der Waals surface area contributed by atoms with Crippen LogP contribution < -0.4 is 17.3 Å². The molecular weight excluding hydrogens is 272 g/mol. The van der Waals surface area contributed by atoms with Crippen LogP contribution in [-0.4, -0.2) is 35.2 Å². The molecule has 1 rings (SSSR count). The van der Waals surface area contributed by atoms with E-state index in [-0.39, 0.29) is 24.2 Å². The minimum Gasteiger partial charge on any atom is -0.368 e. The van der Waals surface area contributed by atoms with E-state index >= 15 is 0 Å². The first-order chi connectivity index (χ1) is 9.81. The molecule has 2 amide bonds. The highest BCUT2D eigenvalue weighted by atomic mass is 16.2. The summed E-state index contributed by atoms with van der Waals surface area (Å²) in [6.45, 7) is 3.52. The number of amides is 2. The summed E-state index contributed by atoms with van der Waals surface area (Å²) in [5, 5.41) is 0.818. The molecule has 1 fully saturated rings. The van der Waals surface area contributed by atoms with Crippen molar-refractivity contribution in [1.82, 2.24) is 5.01 Å². The Balaban J connectivity index is 2.91. The normalized spacial score (nSPS) is 23.7. The summed E-state index contributed by atoms with van der Waals surface area (Å²) in [5.74, 6) is 3.72. The molecule has 7 nitrogen and oxygen atoms in total. The van der Waals surface area contributed by atoms with Gasteiger partial charge in [-0.1, -0.05) is 26.7 Å². The van der Waals surface area contributed by atoms with E-state index in [2.05, 4.69) is 0 Å². The fourth-order valence-electron chi connectivity index (χ4n) is 2.91. The molecule has 3 atom stereocenters. The molecule has 0 aromatic heterocycles. The number of nitrogens with two attached hydrogens (primary N) is 3. The number of rotatable bonds is 6. The zero-order valence-electron chi connectivity index (χ0n) is 12.7. The second-order valence-corrected chi connectivity index (χ2v) is 5.95. The van der Waals surface area contributed by atoms with Gasteiger partial charge in [0.2, 0.25) is 11.8 Å². The summed E-state index contributed by atoms with van der Waals surface area (Å²) >= 11 is 0. The topological polar surface area (TPSA) is 133 Å². The number of hydrogen-bond donors (Lipinski definition) is 3. The van der Waals surface area contributed by atoms with Crippen LogP contribution in [0.25, 0.3) is 0 Å². The van der Waals surface area contributed by atoms with Crippen LogP contribution >= 0.6 is 0 Å². The van der Waals surface area contributed by atoms with Crippen LogP contribution in [0.2, 0.25) is 0 Å². The van der Waals surface area contributed by atoms with E-state index in [1.165, 1.54) is 0 Å². The molecule has 0 bridgehead atoms. The average molecular weight is 298 g/mol. The van der Waals surface area contributed by atoms with Gasteiger partial charge in [-0.25, -0.2) is 5.84 Å². The zero-order chi connectivity index (χ0) is 16.2. The van der Waals surface area contributed by atoms with E-state index in [1.807, 2.05) is 13.8 Å². The Bertz CT molecular complexity index is 411. The van der Waals surface area contributed by atoms with Gasteiger partial charge in [0, 0.05) is 24.3 Å².